The third-order valence-corrected chi connectivity index (χ3v) is 18.9. The van der Waals surface area contributed by atoms with Gasteiger partial charge < -0.3 is 18.4 Å². The average molecular weight is 1290 g/mol. The van der Waals surface area contributed by atoms with Crippen molar-refractivity contribution in [2.75, 3.05) is 13.2 Å². The normalized spacial score (nSPS) is 12.4. The monoisotopic (exact) mass is 1290 g/mol. The molecule has 0 aliphatic rings. The molecule has 0 saturated carbocycles. The first-order chi connectivity index (χ1) is 48.3. The number of unbranched alkanes of at least 4 members (excludes halogenated alkanes) is 12. The van der Waals surface area contributed by atoms with Gasteiger partial charge in [0, 0.05) is 44.8 Å². The summed E-state index contributed by atoms with van der Waals surface area (Å²) in [5.74, 6) is 2.06. The lowest BCUT2D eigenvalue weighted by Gasteiger charge is -2.25. The molecule has 10 nitrogen and oxygen atoms in total. The molecule has 1 atom stereocenters. The van der Waals surface area contributed by atoms with Crippen molar-refractivity contribution in [1.29, 1.82) is 5.26 Å². The van der Waals surface area contributed by atoms with Gasteiger partial charge in [-0.1, -0.05) is 309 Å². The van der Waals surface area contributed by atoms with E-state index >= 15 is 0 Å². The fourth-order valence-electron chi connectivity index (χ4n) is 14.1. The molecule has 12 heteroatoms. The van der Waals surface area contributed by atoms with Crippen LogP contribution in [0.5, 0.6) is 11.5 Å². The third-order valence-electron chi connectivity index (χ3n) is 18.9. The van der Waals surface area contributed by atoms with Crippen molar-refractivity contribution >= 4 is 79.7 Å². The molecule has 4 heterocycles. The maximum absolute atomic E-state index is 12.6. The smallest absolute Gasteiger partial charge is 0.328 e. The molecule has 98 heavy (non-hydrogen) atoms. The van der Waals surface area contributed by atoms with Crippen molar-refractivity contribution in [1.82, 2.24) is 28.9 Å². The van der Waals surface area contributed by atoms with Crippen LogP contribution in [-0.4, -0.2) is 55.8 Å². The van der Waals surface area contributed by atoms with Crippen LogP contribution >= 0.6 is 0 Å². The van der Waals surface area contributed by atoms with Crippen LogP contribution in [0.4, 0.5) is 0 Å². The maximum atomic E-state index is 12.6. The highest BCUT2D eigenvalue weighted by molar-refractivity contribution is 6.85. The molecule has 490 valence electrons. The predicted octanol–water partition coefficient (Wildman–Crippen LogP) is 17.1. The van der Waals surface area contributed by atoms with Crippen molar-refractivity contribution in [3.8, 4) is 40.1 Å². The lowest BCUT2D eigenvalue weighted by molar-refractivity contribution is 0.224. The summed E-state index contributed by atoms with van der Waals surface area (Å²) < 4.78 is 18.7. The van der Waals surface area contributed by atoms with E-state index < -0.39 is 13.7 Å². The summed E-state index contributed by atoms with van der Waals surface area (Å²) >= 11 is 0. The Balaban J connectivity index is 1.25. The summed E-state index contributed by atoms with van der Waals surface area (Å²) in [6.45, 7) is 18.6. The standard InChI is InChI=1S/C86H88B2N8O2/c1-6-8-10-12-14-15-17-23-39-64(38-22-16-13-11-9-7-2)62-98-72-51-37-41-66(57-72)84-81-80(85(73(58-89)78-59-91-74-52-32-34-54-76(74)93-78)95(84)87(67-42-24-18-25-43-67)68-44-26-19-27-45-68)83(65-40-36-50-71(56-65)97-61-63(3)4)96(88(69-46-28-20-29-47-69)70-48-30-21-31-49-70)86(81)82(90-5)79-60-92-75-53-33-35-55-77(75)94-79/h18-21,24-37,40-57,59-60,63-64H,6-17,22-23,38-39,61-62H2,1-4H3/b85-73-,86-82+. The Labute approximate surface area is 579 Å². The van der Waals surface area contributed by atoms with Gasteiger partial charge in [-0.05, 0) is 73.2 Å². The molecule has 0 aliphatic heterocycles. The lowest BCUT2D eigenvalue weighted by Crippen LogP contribution is -2.54. The number of hydrogen-bond acceptors (Lipinski definition) is 7. The van der Waals surface area contributed by atoms with Gasteiger partial charge in [0.15, 0.2) is 0 Å². The van der Waals surface area contributed by atoms with Crippen LogP contribution in [-0.2, 0) is 0 Å². The SMILES string of the molecule is [C-]#[N+]/C(c1cnc2ccccc2n1)=c1\c2c(-c3cccc(OCC(CCCCCCCC)CCCCCCCCCC)c3)n(B(c3ccccc3)c3ccccc3)/c(=C(/C#N)c3cnc4ccccc4n3)c2c(-c2cccc(OCC(C)C)c2)n1B(c1ccccc1)c1ccccc1. The van der Waals surface area contributed by atoms with Gasteiger partial charge in [0.05, 0.1) is 59.1 Å². The number of aromatic nitrogens is 6. The van der Waals surface area contributed by atoms with Crippen LogP contribution in [0, 0.1) is 29.7 Å². The van der Waals surface area contributed by atoms with Crippen molar-refractivity contribution in [2.24, 2.45) is 11.8 Å². The highest BCUT2D eigenvalue weighted by Gasteiger charge is 2.38. The maximum Gasteiger partial charge on any atom is 0.328 e. The molecule has 0 bridgehead atoms. The minimum atomic E-state index is -0.588. The number of nitriles is 1. The molecular formula is C86H88B2N8O2. The van der Waals surface area contributed by atoms with E-state index in [9.17, 15) is 11.8 Å². The van der Waals surface area contributed by atoms with Crippen LogP contribution in [0.1, 0.15) is 142 Å². The van der Waals surface area contributed by atoms with Gasteiger partial charge in [0.2, 0.25) is 5.70 Å². The summed E-state index contributed by atoms with van der Waals surface area (Å²) in [7, 11) is 0. The molecule has 12 rings (SSSR count). The second-order valence-corrected chi connectivity index (χ2v) is 26.5. The third kappa shape index (κ3) is 15.7. The van der Waals surface area contributed by atoms with Crippen LogP contribution in [0.25, 0.3) is 71.5 Å². The number of fused-ring (bicyclic) bond motifs is 3. The van der Waals surface area contributed by atoms with Crippen molar-refractivity contribution in [3.05, 3.63) is 264 Å². The van der Waals surface area contributed by atoms with E-state index in [-0.39, 0.29) is 11.6 Å². The topological polar surface area (TPSA) is 108 Å². The van der Waals surface area contributed by atoms with E-state index in [2.05, 4.69) is 194 Å². The summed E-state index contributed by atoms with van der Waals surface area (Å²) in [6.07, 6.45) is 23.5. The zero-order valence-corrected chi connectivity index (χ0v) is 57.4. The number of rotatable bonds is 32. The van der Waals surface area contributed by atoms with Gasteiger partial charge in [-0.3, -0.25) is 15.0 Å². The fourth-order valence-corrected chi connectivity index (χ4v) is 14.1. The second-order valence-electron chi connectivity index (χ2n) is 26.5. The molecule has 12 aromatic rings. The number of nitrogens with zero attached hydrogens (tertiary/aromatic N) is 8. The van der Waals surface area contributed by atoms with Crippen LogP contribution in [0.15, 0.2) is 231 Å². The number of hydrogen-bond donors (Lipinski definition) is 0. The minimum absolute atomic E-state index is 0.244. The number of benzene rings is 8. The quantitative estimate of drug-likeness (QED) is 0.0235. The van der Waals surface area contributed by atoms with Crippen molar-refractivity contribution < 1.29 is 9.47 Å². The van der Waals surface area contributed by atoms with Gasteiger partial charge in [-0.2, -0.15) is 5.26 Å². The molecule has 4 aromatic heterocycles. The van der Waals surface area contributed by atoms with Gasteiger partial charge in [-0.25, -0.2) is 9.83 Å². The minimum Gasteiger partial charge on any atom is -0.493 e. The van der Waals surface area contributed by atoms with Gasteiger partial charge in [0.25, 0.3) is 0 Å². The Kier molecular flexibility index (Phi) is 23.2. The average Bonchev–Trinajstić information content (AvgIpc) is 1.52. The van der Waals surface area contributed by atoms with Gasteiger partial charge >= 0.3 is 13.7 Å². The Hall–Kier alpha value is -10.3. The zero-order chi connectivity index (χ0) is 67.4. The number of para-hydroxylation sites is 4. The summed E-state index contributed by atoms with van der Waals surface area (Å²) in [5.41, 5.74) is 11.2. The Morgan fingerprint density at radius 3 is 1.29 bits per heavy atom. The van der Waals surface area contributed by atoms with E-state index in [0.29, 0.717) is 74.6 Å². The highest BCUT2D eigenvalue weighted by Crippen LogP contribution is 2.39. The molecule has 0 N–H and O–H groups in total. The van der Waals surface area contributed by atoms with Gasteiger partial charge in [-0.15, -0.1) is 0 Å². The van der Waals surface area contributed by atoms with Crippen molar-refractivity contribution in [2.45, 2.75) is 130 Å². The number of ether oxygens (including phenoxy) is 2. The van der Waals surface area contributed by atoms with Crippen molar-refractivity contribution in [3.63, 3.8) is 0 Å². The lowest BCUT2D eigenvalue weighted by atomic mass is 9.50. The molecule has 0 fully saturated rings. The molecule has 0 radical (unpaired) electrons. The van der Waals surface area contributed by atoms with Crippen LogP contribution < -0.4 is 42.0 Å². The zero-order valence-electron chi connectivity index (χ0n) is 57.4. The Bertz CT molecular complexity index is 4650. The summed E-state index contributed by atoms with van der Waals surface area (Å²) in [5, 5.41) is 15.3. The second kappa shape index (κ2) is 33.6. The first-order valence-electron chi connectivity index (χ1n) is 35.8. The Morgan fingerprint density at radius 2 is 0.847 bits per heavy atom. The predicted molar refractivity (Wildman–Crippen MR) is 408 cm³/mol. The van der Waals surface area contributed by atoms with Crippen LogP contribution in [0.3, 0.4) is 0 Å². The molecule has 0 aliphatic carbocycles. The largest absolute Gasteiger partial charge is 0.493 e. The molecular weight excluding hydrogens is 1200 g/mol. The molecule has 8 aromatic carbocycles. The Morgan fingerprint density at radius 1 is 0.459 bits per heavy atom. The van der Waals surface area contributed by atoms with Gasteiger partial charge in [0.1, 0.15) is 28.8 Å². The molecule has 0 spiro atoms. The van der Waals surface area contributed by atoms with E-state index in [1.165, 1.54) is 89.9 Å². The molecule has 1 unspecified atom stereocenters. The molecule has 0 saturated heterocycles. The first kappa shape index (κ1) is 67.7. The first-order valence-corrected chi connectivity index (χ1v) is 35.8. The van der Waals surface area contributed by atoms with E-state index in [0.717, 1.165) is 73.7 Å². The summed E-state index contributed by atoms with van der Waals surface area (Å²) in [6, 6.07) is 77.6. The van der Waals surface area contributed by atoms with Crippen LogP contribution in [0.2, 0.25) is 0 Å². The highest BCUT2D eigenvalue weighted by atomic mass is 16.5. The van der Waals surface area contributed by atoms with E-state index in [1.807, 2.05) is 66.7 Å². The van der Waals surface area contributed by atoms with E-state index in [4.69, 9.17) is 34.3 Å². The molecule has 0 amide bonds. The summed E-state index contributed by atoms with van der Waals surface area (Å²) in [4.78, 5) is 25.6. The fraction of sp³-hybridized carbons (Fsp3) is 0.279. The van der Waals surface area contributed by atoms with E-state index in [1.54, 1.807) is 12.4 Å².